The lowest BCUT2D eigenvalue weighted by molar-refractivity contribution is 0.323. The number of hydrogen-bond donors (Lipinski definition) is 1. The monoisotopic (exact) mass is 454 g/mol. The summed E-state index contributed by atoms with van der Waals surface area (Å²) in [6, 6.07) is 7.37. The van der Waals surface area contributed by atoms with Crippen molar-refractivity contribution in [3.63, 3.8) is 0 Å². The summed E-state index contributed by atoms with van der Waals surface area (Å²) < 4.78 is 23.8. The maximum Gasteiger partial charge on any atom is 0.258 e. The summed E-state index contributed by atoms with van der Waals surface area (Å²) in [5, 5.41) is 9.92. The molecule has 0 radical (unpaired) electrons. The van der Waals surface area contributed by atoms with E-state index in [-0.39, 0.29) is 17.0 Å². The minimum absolute atomic E-state index is 0.0343. The minimum Gasteiger partial charge on any atom is -0.493 e. The van der Waals surface area contributed by atoms with E-state index in [0.29, 0.717) is 40.7 Å². The van der Waals surface area contributed by atoms with E-state index in [1.165, 1.54) is 21.3 Å². The number of nitriles is 1. The molecule has 2 aromatic rings. The summed E-state index contributed by atoms with van der Waals surface area (Å²) in [5.74, 6) is 0.796. The maximum atomic E-state index is 13.7. The molecule has 1 aliphatic rings. The van der Waals surface area contributed by atoms with E-state index >= 15 is 0 Å². The van der Waals surface area contributed by atoms with Gasteiger partial charge in [-0.2, -0.15) is 5.26 Å². The third kappa shape index (κ3) is 4.47. The molecule has 1 aromatic heterocycles. The number of nitrogens with zero attached hydrogens (tertiary/aromatic N) is 3. The third-order valence-corrected chi connectivity index (χ3v) is 5.70. The van der Waals surface area contributed by atoms with Crippen LogP contribution in [0.25, 0.3) is 0 Å². The zero-order chi connectivity index (χ0) is 24.3. The molecule has 176 valence electrons. The first-order valence-corrected chi connectivity index (χ1v) is 10.5. The number of ether oxygens (including phenoxy) is 4. The Morgan fingerprint density at radius 3 is 2.30 bits per heavy atom. The highest BCUT2D eigenvalue weighted by Crippen LogP contribution is 2.46. The van der Waals surface area contributed by atoms with E-state index in [9.17, 15) is 10.1 Å². The number of rotatable bonds is 8. The van der Waals surface area contributed by atoms with Crippen LogP contribution < -0.4 is 30.2 Å². The zero-order valence-corrected chi connectivity index (χ0v) is 19.9. The standard InChI is InChI=1S/C24H30N4O5/c1-14-10-17-21(24(29)28(14)9-7-8-27(2)3)20(16(13-25)23(26)33-17)15-11-18(30-4)22(32-6)19(12-15)31-5/h10-12,20H,7-9,26H2,1-6H3. The molecule has 33 heavy (non-hydrogen) atoms. The second kappa shape index (κ2) is 9.88. The predicted octanol–water partition coefficient (Wildman–Crippen LogP) is 2.35. The smallest absolute Gasteiger partial charge is 0.258 e. The number of methoxy groups -OCH3 is 3. The summed E-state index contributed by atoms with van der Waals surface area (Å²) in [4.78, 5) is 15.8. The fraction of sp³-hybridized carbons (Fsp3) is 0.417. The molecular weight excluding hydrogens is 424 g/mol. The highest BCUT2D eigenvalue weighted by molar-refractivity contribution is 5.61. The number of pyridine rings is 1. The normalized spacial score (nSPS) is 15.0. The molecule has 1 aliphatic heterocycles. The van der Waals surface area contributed by atoms with E-state index in [2.05, 4.69) is 11.0 Å². The lowest BCUT2D eigenvalue weighted by atomic mass is 9.83. The molecule has 0 bridgehead atoms. The Kier molecular flexibility index (Phi) is 7.19. The number of allylic oxidation sites excluding steroid dienone is 1. The minimum atomic E-state index is -0.749. The molecule has 0 saturated heterocycles. The largest absolute Gasteiger partial charge is 0.493 e. The summed E-state index contributed by atoms with van der Waals surface area (Å²) in [7, 11) is 8.51. The number of fused-ring (bicyclic) bond motifs is 1. The van der Waals surface area contributed by atoms with Gasteiger partial charge in [0, 0.05) is 18.3 Å². The Hall–Kier alpha value is -3.64. The van der Waals surface area contributed by atoms with Gasteiger partial charge in [-0.25, -0.2) is 0 Å². The molecular formula is C24H30N4O5. The molecule has 2 N–H and O–H groups in total. The van der Waals surface area contributed by atoms with Crippen LogP contribution >= 0.6 is 0 Å². The first kappa shape index (κ1) is 24.0. The fourth-order valence-corrected chi connectivity index (χ4v) is 4.11. The van der Waals surface area contributed by atoms with Gasteiger partial charge < -0.3 is 34.1 Å². The van der Waals surface area contributed by atoms with Crippen molar-refractivity contribution in [1.29, 1.82) is 5.26 Å². The summed E-state index contributed by atoms with van der Waals surface area (Å²) in [6.45, 7) is 3.24. The van der Waals surface area contributed by atoms with Crippen LogP contribution in [0.1, 0.15) is 29.2 Å². The number of hydrogen-bond acceptors (Lipinski definition) is 8. The van der Waals surface area contributed by atoms with Crippen molar-refractivity contribution in [1.82, 2.24) is 9.47 Å². The Morgan fingerprint density at radius 1 is 1.15 bits per heavy atom. The average molecular weight is 455 g/mol. The molecule has 0 spiro atoms. The van der Waals surface area contributed by atoms with Gasteiger partial charge in [-0.15, -0.1) is 0 Å². The SMILES string of the molecule is COc1cc(C2C(C#N)=C(N)Oc3cc(C)n(CCCN(C)C)c(=O)c32)cc(OC)c1OC. The number of benzene rings is 1. The van der Waals surface area contributed by atoms with Crippen molar-refractivity contribution in [2.24, 2.45) is 5.73 Å². The van der Waals surface area contributed by atoms with Gasteiger partial charge in [0.25, 0.3) is 5.56 Å². The van der Waals surface area contributed by atoms with Crippen LogP contribution in [0.3, 0.4) is 0 Å². The van der Waals surface area contributed by atoms with Gasteiger partial charge in [-0.05, 0) is 51.7 Å². The molecule has 1 aromatic carbocycles. The first-order valence-electron chi connectivity index (χ1n) is 10.5. The molecule has 9 heteroatoms. The lowest BCUT2D eigenvalue weighted by Crippen LogP contribution is -2.33. The summed E-state index contributed by atoms with van der Waals surface area (Å²) >= 11 is 0. The van der Waals surface area contributed by atoms with E-state index in [0.717, 1.165) is 18.7 Å². The topological polar surface area (TPSA) is 112 Å². The second-order valence-corrected chi connectivity index (χ2v) is 8.06. The van der Waals surface area contributed by atoms with E-state index in [1.807, 2.05) is 21.0 Å². The van der Waals surface area contributed by atoms with Crippen LogP contribution in [0.2, 0.25) is 0 Å². The average Bonchev–Trinajstić information content (AvgIpc) is 2.79. The highest BCUT2D eigenvalue weighted by Gasteiger charge is 2.35. The van der Waals surface area contributed by atoms with E-state index in [4.69, 9.17) is 24.7 Å². The zero-order valence-electron chi connectivity index (χ0n) is 19.9. The molecule has 0 saturated carbocycles. The van der Waals surface area contributed by atoms with E-state index in [1.54, 1.807) is 22.8 Å². The Labute approximate surface area is 193 Å². The predicted molar refractivity (Wildman–Crippen MR) is 124 cm³/mol. The maximum absolute atomic E-state index is 13.7. The van der Waals surface area contributed by atoms with Gasteiger partial charge in [0.05, 0.1) is 32.8 Å². The van der Waals surface area contributed by atoms with Gasteiger partial charge in [-0.1, -0.05) is 0 Å². The van der Waals surface area contributed by atoms with Gasteiger partial charge >= 0.3 is 0 Å². The van der Waals surface area contributed by atoms with Crippen molar-refractivity contribution >= 4 is 0 Å². The Balaban J connectivity index is 2.25. The molecule has 0 fully saturated rings. The molecule has 1 unspecified atom stereocenters. The van der Waals surface area contributed by atoms with Crippen molar-refractivity contribution in [3.8, 4) is 29.1 Å². The Morgan fingerprint density at radius 2 is 1.79 bits per heavy atom. The quantitative estimate of drug-likeness (QED) is 0.647. The molecule has 1 atom stereocenters. The number of nitrogens with two attached hydrogens (primary N) is 1. The van der Waals surface area contributed by atoms with Gasteiger partial charge in [-0.3, -0.25) is 4.79 Å². The van der Waals surface area contributed by atoms with Gasteiger partial charge in [0.2, 0.25) is 11.6 Å². The first-order chi connectivity index (χ1) is 15.8. The van der Waals surface area contributed by atoms with Crippen LogP contribution in [0, 0.1) is 18.3 Å². The van der Waals surface area contributed by atoms with E-state index < -0.39 is 5.92 Å². The Bertz CT molecular complexity index is 1150. The molecule has 0 amide bonds. The van der Waals surface area contributed by atoms with Gasteiger partial charge in [0.15, 0.2) is 11.5 Å². The second-order valence-electron chi connectivity index (χ2n) is 8.06. The van der Waals surface area contributed by atoms with Crippen LogP contribution in [0.4, 0.5) is 0 Å². The summed E-state index contributed by atoms with van der Waals surface area (Å²) in [6.07, 6.45) is 0.797. The van der Waals surface area contributed by atoms with Crippen molar-refractivity contribution < 1.29 is 18.9 Å². The highest BCUT2D eigenvalue weighted by atomic mass is 16.5. The van der Waals surface area contributed by atoms with Crippen molar-refractivity contribution in [3.05, 3.63) is 56.8 Å². The van der Waals surface area contributed by atoms with Crippen molar-refractivity contribution in [2.45, 2.75) is 25.8 Å². The molecule has 0 aliphatic carbocycles. The van der Waals surface area contributed by atoms with Crippen molar-refractivity contribution in [2.75, 3.05) is 42.0 Å². The van der Waals surface area contributed by atoms with Gasteiger partial charge in [0.1, 0.15) is 17.4 Å². The number of aromatic nitrogens is 1. The van der Waals surface area contributed by atoms with Crippen LogP contribution in [-0.4, -0.2) is 51.4 Å². The fourth-order valence-electron chi connectivity index (χ4n) is 4.11. The lowest BCUT2D eigenvalue weighted by Gasteiger charge is -2.28. The van der Waals surface area contributed by atoms with Crippen LogP contribution in [0.5, 0.6) is 23.0 Å². The number of aryl methyl sites for hydroxylation is 1. The van der Waals surface area contributed by atoms with Crippen LogP contribution in [-0.2, 0) is 6.54 Å². The summed E-state index contributed by atoms with van der Waals surface area (Å²) in [5.41, 5.74) is 7.76. The van der Waals surface area contributed by atoms with Crippen LogP contribution in [0.15, 0.2) is 34.4 Å². The third-order valence-electron chi connectivity index (χ3n) is 5.70. The molecule has 3 rings (SSSR count). The molecule has 9 nitrogen and oxygen atoms in total. The molecule has 2 heterocycles.